The van der Waals surface area contributed by atoms with Gasteiger partial charge in [0.1, 0.15) is 5.75 Å². The standard InChI is InChI=1S/C27H35N3O3/c31-25-22-11-5-4-10-20(22)12-13-23(25)26(32)28-21-16-24(27(33)29-14-6-7-15-29)30(18-21)17-19-8-2-1-3-9-19/h4-5,10-13,19,21,24,31H,1-3,6-9,14-18H2,(H,28,32). The Kier molecular flexibility index (Phi) is 6.54. The lowest BCUT2D eigenvalue weighted by molar-refractivity contribution is -0.135. The number of amides is 2. The molecule has 5 rings (SSSR count). The number of fused-ring (bicyclic) bond motifs is 1. The van der Waals surface area contributed by atoms with Crippen molar-refractivity contribution in [1.29, 1.82) is 0 Å². The minimum absolute atomic E-state index is 0.0207. The van der Waals surface area contributed by atoms with Gasteiger partial charge in [0, 0.05) is 37.6 Å². The highest BCUT2D eigenvalue weighted by molar-refractivity contribution is 6.03. The van der Waals surface area contributed by atoms with Crippen molar-refractivity contribution in [3.63, 3.8) is 0 Å². The van der Waals surface area contributed by atoms with Crippen LogP contribution in [0.5, 0.6) is 5.75 Å². The van der Waals surface area contributed by atoms with Crippen LogP contribution in [0.2, 0.25) is 0 Å². The molecule has 2 amide bonds. The molecule has 2 saturated heterocycles. The molecule has 3 aliphatic rings. The van der Waals surface area contributed by atoms with Gasteiger partial charge in [-0.15, -0.1) is 0 Å². The molecule has 1 aliphatic carbocycles. The molecule has 0 bridgehead atoms. The van der Waals surface area contributed by atoms with Crippen LogP contribution in [0, 0.1) is 5.92 Å². The van der Waals surface area contributed by atoms with Crippen molar-refractivity contribution in [1.82, 2.24) is 15.1 Å². The van der Waals surface area contributed by atoms with Crippen LogP contribution in [0.25, 0.3) is 10.8 Å². The zero-order valence-electron chi connectivity index (χ0n) is 19.3. The zero-order valence-corrected chi connectivity index (χ0v) is 19.3. The SMILES string of the molecule is O=C(NC1CC(C(=O)N2CCCC2)N(CC2CCCCC2)C1)c1ccc2ccccc2c1O. The quantitative estimate of drug-likeness (QED) is 0.726. The maximum Gasteiger partial charge on any atom is 0.255 e. The molecule has 33 heavy (non-hydrogen) atoms. The summed E-state index contributed by atoms with van der Waals surface area (Å²) < 4.78 is 0. The fourth-order valence-electron chi connectivity index (χ4n) is 6.02. The number of aromatic hydroxyl groups is 1. The Labute approximate surface area is 195 Å². The van der Waals surface area contributed by atoms with Gasteiger partial charge in [0.2, 0.25) is 5.91 Å². The smallest absolute Gasteiger partial charge is 0.255 e. The molecular weight excluding hydrogens is 414 g/mol. The maximum absolute atomic E-state index is 13.3. The van der Waals surface area contributed by atoms with E-state index in [9.17, 15) is 14.7 Å². The largest absolute Gasteiger partial charge is 0.506 e. The van der Waals surface area contributed by atoms with Crippen molar-refractivity contribution in [2.75, 3.05) is 26.2 Å². The third kappa shape index (κ3) is 4.72. The summed E-state index contributed by atoms with van der Waals surface area (Å²) in [6.07, 6.45) is 9.18. The van der Waals surface area contributed by atoms with E-state index in [1.807, 2.05) is 35.2 Å². The molecule has 2 aromatic carbocycles. The van der Waals surface area contributed by atoms with Crippen LogP contribution in [0.3, 0.4) is 0 Å². The Morgan fingerprint density at radius 1 is 0.970 bits per heavy atom. The van der Waals surface area contributed by atoms with Gasteiger partial charge in [-0.25, -0.2) is 0 Å². The third-order valence-electron chi connectivity index (χ3n) is 7.80. The fraction of sp³-hybridized carbons (Fsp3) is 0.556. The van der Waals surface area contributed by atoms with Gasteiger partial charge in [-0.05, 0) is 49.5 Å². The van der Waals surface area contributed by atoms with Crippen molar-refractivity contribution in [2.24, 2.45) is 5.92 Å². The van der Waals surface area contributed by atoms with Crippen LogP contribution in [0.4, 0.5) is 0 Å². The summed E-state index contributed by atoms with van der Waals surface area (Å²) in [6.45, 7) is 3.35. The topological polar surface area (TPSA) is 72.9 Å². The Bertz CT molecular complexity index is 1010. The highest BCUT2D eigenvalue weighted by Gasteiger charge is 2.40. The van der Waals surface area contributed by atoms with Gasteiger partial charge in [0.05, 0.1) is 11.6 Å². The number of phenols is 1. The van der Waals surface area contributed by atoms with Gasteiger partial charge in [0.25, 0.3) is 5.91 Å². The molecule has 2 N–H and O–H groups in total. The van der Waals surface area contributed by atoms with Crippen LogP contribution in [0.1, 0.15) is 61.7 Å². The number of carbonyl (C=O) groups is 2. The van der Waals surface area contributed by atoms with Crippen LogP contribution < -0.4 is 5.32 Å². The van der Waals surface area contributed by atoms with Crippen molar-refractivity contribution in [3.05, 3.63) is 42.0 Å². The van der Waals surface area contributed by atoms with E-state index in [1.165, 1.54) is 32.1 Å². The Hall–Kier alpha value is -2.60. The van der Waals surface area contributed by atoms with Gasteiger partial charge in [-0.1, -0.05) is 49.6 Å². The minimum atomic E-state index is -0.268. The molecule has 2 atom stereocenters. The number of rotatable bonds is 5. The van der Waals surface area contributed by atoms with Gasteiger partial charge in [0.15, 0.2) is 0 Å². The van der Waals surface area contributed by atoms with E-state index in [2.05, 4.69) is 10.2 Å². The van der Waals surface area contributed by atoms with Crippen LogP contribution in [-0.2, 0) is 4.79 Å². The van der Waals surface area contributed by atoms with Crippen LogP contribution >= 0.6 is 0 Å². The molecular formula is C27H35N3O3. The number of hydrogen-bond acceptors (Lipinski definition) is 4. The van der Waals surface area contributed by atoms with E-state index in [0.717, 1.165) is 37.9 Å². The average molecular weight is 450 g/mol. The molecule has 2 aromatic rings. The molecule has 6 heteroatoms. The highest BCUT2D eigenvalue weighted by Crippen LogP contribution is 2.31. The molecule has 0 radical (unpaired) electrons. The fourth-order valence-corrected chi connectivity index (χ4v) is 6.02. The molecule has 2 heterocycles. The zero-order chi connectivity index (χ0) is 22.8. The number of hydrogen-bond donors (Lipinski definition) is 2. The summed E-state index contributed by atoms with van der Waals surface area (Å²) in [7, 11) is 0. The lowest BCUT2D eigenvalue weighted by Gasteiger charge is -2.32. The minimum Gasteiger partial charge on any atom is -0.506 e. The second-order valence-electron chi connectivity index (χ2n) is 10.1. The van der Waals surface area contributed by atoms with Crippen molar-refractivity contribution >= 4 is 22.6 Å². The summed E-state index contributed by atoms with van der Waals surface area (Å²) in [5.74, 6) is 0.628. The van der Waals surface area contributed by atoms with E-state index in [1.54, 1.807) is 6.07 Å². The second kappa shape index (κ2) is 9.72. The van der Waals surface area contributed by atoms with E-state index in [-0.39, 0.29) is 29.6 Å². The predicted octanol–water partition coefficient (Wildman–Crippen LogP) is 3.92. The molecule has 2 unspecified atom stereocenters. The van der Waals surface area contributed by atoms with E-state index >= 15 is 0 Å². The van der Waals surface area contributed by atoms with Gasteiger partial charge < -0.3 is 15.3 Å². The maximum atomic E-state index is 13.3. The monoisotopic (exact) mass is 449 g/mol. The number of benzene rings is 2. The van der Waals surface area contributed by atoms with Gasteiger partial charge in [-0.3, -0.25) is 14.5 Å². The molecule has 1 saturated carbocycles. The van der Waals surface area contributed by atoms with E-state index in [0.29, 0.717) is 29.8 Å². The highest BCUT2D eigenvalue weighted by atomic mass is 16.3. The number of carbonyl (C=O) groups excluding carboxylic acids is 2. The number of nitrogens with one attached hydrogen (secondary N) is 1. The van der Waals surface area contributed by atoms with Crippen LogP contribution in [0.15, 0.2) is 36.4 Å². The Morgan fingerprint density at radius 3 is 2.52 bits per heavy atom. The van der Waals surface area contributed by atoms with Gasteiger partial charge >= 0.3 is 0 Å². The number of phenolic OH excluding ortho intramolecular Hbond substituents is 1. The number of nitrogens with zero attached hydrogens (tertiary/aromatic N) is 2. The Morgan fingerprint density at radius 2 is 1.73 bits per heavy atom. The summed E-state index contributed by atoms with van der Waals surface area (Å²) in [6, 6.07) is 10.8. The van der Waals surface area contributed by atoms with E-state index in [4.69, 9.17) is 0 Å². The van der Waals surface area contributed by atoms with Crippen LogP contribution in [-0.4, -0.2) is 65.0 Å². The average Bonchev–Trinajstić information content (AvgIpc) is 3.50. The summed E-state index contributed by atoms with van der Waals surface area (Å²) >= 11 is 0. The normalized spacial score (nSPS) is 24.4. The molecule has 0 aromatic heterocycles. The first-order valence-corrected chi connectivity index (χ1v) is 12.6. The lowest BCUT2D eigenvalue weighted by atomic mass is 9.89. The summed E-state index contributed by atoms with van der Waals surface area (Å²) in [5, 5.41) is 15.4. The molecule has 2 aliphatic heterocycles. The van der Waals surface area contributed by atoms with E-state index < -0.39 is 0 Å². The molecule has 0 spiro atoms. The Balaban J connectivity index is 1.31. The van der Waals surface area contributed by atoms with Crippen molar-refractivity contribution in [2.45, 2.75) is 63.5 Å². The van der Waals surface area contributed by atoms with Gasteiger partial charge in [-0.2, -0.15) is 0 Å². The first-order valence-electron chi connectivity index (χ1n) is 12.6. The van der Waals surface area contributed by atoms with Crippen molar-refractivity contribution < 1.29 is 14.7 Å². The molecule has 176 valence electrons. The summed E-state index contributed by atoms with van der Waals surface area (Å²) in [5.41, 5.74) is 0.293. The number of likely N-dealkylation sites (tertiary alicyclic amines) is 2. The lowest BCUT2D eigenvalue weighted by Crippen LogP contribution is -2.46. The molecule has 3 fully saturated rings. The summed E-state index contributed by atoms with van der Waals surface area (Å²) in [4.78, 5) is 30.8. The van der Waals surface area contributed by atoms with Crippen molar-refractivity contribution in [3.8, 4) is 5.75 Å². The first-order chi connectivity index (χ1) is 16.1. The molecule has 6 nitrogen and oxygen atoms in total. The predicted molar refractivity (Wildman–Crippen MR) is 129 cm³/mol. The third-order valence-corrected chi connectivity index (χ3v) is 7.80. The first kappa shape index (κ1) is 22.2. The second-order valence-corrected chi connectivity index (χ2v) is 10.1.